The van der Waals surface area contributed by atoms with Gasteiger partial charge in [-0.2, -0.15) is 0 Å². The molecule has 0 saturated carbocycles. The second-order valence-electron chi connectivity index (χ2n) is 3.64. The van der Waals surface area contributed by atoms with Crippen LogP contribution < -0.4 is 0 Å². The van der Waals surface area contributed by atoms with E-state index in [1.807, 2.05) is 6.92 Å². The predicted molar refractivity (Wildman–Crippen MR) is 68.1 cm³/mol. The molecule has 5 nitrogen and oxygen atoms in total. The number of ether oxygens (including phenoxy) is 2. The molecule has 0 aliphatic heterocycles. The van der Waals surface area contributed by atoms with Gasteiger partial charge in [-0.25, -0.2) is 9.78 Å². The van der Waals surface area contributed by atoms with E-state index in [-0.39, 0.29) is 24.2 Å². The van der Waals surface area contributed by atoms with Crippen LogP contribution in [-0.2, 0) is 9.47 Å². The first-order chi connectivity index (χ1) is 8.54. The van der Waals surface area contributed by atoms with Gasteiger partial charge in [-0.05, 0) is 13.3 Å². The minimum atomic E-state index is -0.559. The highest BCUT2D eigenvalue weighted by Gasteiger charge is 2.25. The van der Waals surface area contributed by atoms with E-state index in [9.17, 15) is 9.59 Å². The van der Waals surface area contributed by atoms with E-state index in [4.69, 9.17) is 9.47 Å². The van der Waals surface area contributed by atoms with E-state index in [2.05, 4.69) is 4.98 Å². The molecule has 0 aliphatic rings. The van der Waals surface area contributed by atoms with E-state index in [1.54, 1.807) is 14.0 Å². The average molecular weight is 271 g/mol. The zero-order valence-corrected chi connectivity index (χ0v) is 11.8. The molecule has 0 saturated heterocycles. The van der Waals surface area contributed by atoms with Crippen molar-refractivity contribution in [2.45, 2.75) is 33.3 Å². The molecule has 1 aromatic heterocycles. The molecular formula is C12H17NO4S. The maximum Gasteiger partial charge on any atom is 0.358 e. The molecule has 1 aromatic rings. The lowest BCUT2D eigenvalue weighted by atomic mass is 10.2. The van der Waals surface area contributed by atoms with Crippen LogP contribution in [0.5, 0.6) is 0 Å². The number of carbonyl (C=O) groups is 2. The number of hydrogen-bond donors (Lipinski definition) is 0. The number of ketones is 1. The summed E-state index contributed by atoms with van der Waals surface area (Å²) in [6, 6.07) is 0. The van der Waals surface area contributed by atoms with Crippen LogP contribution in [0, 0.1) is 0 Å². The summed E-state index contributed by atoms with van der Waals surface area (Å²) in [5.74, 6) is -0.746. The molecule has 1 heterocycles. The number of rotatable bonds is 6. The molecule has 0 aromatic carbocycles. The minimum Gasteiger partial charge on any atom is -0.461 e. The summed E-state index contributed by atoms with van der Waals surface area (Å²) >= 11 is 1.19. The van der Waals surface area contributed by atoms with Crippen molar-refractivity contribution < 1.29 is 19.1 Å². The Morgan fingerprint density at radius 2 is 2.06 bits per heavy atom. The highest BCUT2D eigenvalue weighted by molar-refractivity contribution is 7.14. The van der Waals surface area contributed by atoms with Gasteiger partial charge in [0.05, 0.1) is 6.61 Å². The van der Waals surface area contributed by atoms with Crippen LogP contribution in [0.25, 0.3) is 0 Å². The highest BCUT2D eigenvalue weighted by Crippen LogP contribution is 2.28. The second-order valence-corrected chi connectivity index (χ2v) is 4.67. The van der Waals surface area contributed by atoms with Crippen molar-refractivity contribution in [2.24, 2.45) is 0 Å². The Labute approximate surface area is 110 Å². The maximum atomic E-state index is 11.7. The molecule has 0 radical (unpaired) electrons. The summed E-state index contributed by atoms with van der Waals surface area (Å²) in [5.41, 5.74) is 0.0971. The van der Waals surface area contributed by atoms with Crippen LogP contribution >= 0.6 is 11.3 Å². The molecule has 0 aliphatic carbocycles. The van der Waals surface area contributed by atoms with Gasteiger partial charge >= 0.3 is 5.97 Å². The van der Waals surface area contributed by atoms with Gasteiger partial charge in [0.25, 0.3) is 0 Å². The van der Waals surface area contributed by atoms with Gasteiger partial charge in [-0.1, -0.05) is 6.92 Å². The predicted octanol–water partition coefficient (Wildman–Crippen LogP) is 2.62. The zero-order valence-electron chi connectivity index (χ0n) is 11.0. The third-order valence-corrected chi connectivity index (χ3v) is 3.61. The van der Waals surface area contributed by atoms with Gasteiger partial charge in [0.2, 0.25) is 0 Å². The molecule has 1 rings (SSSR count). The third-order valence-electron chi connectivity index (χ3n) is 2.36. The molecule has 6 heteroatoms. The van der Waals surface area contributed by atoms with E-state index in [1.165, 1.54) is 18.3 Å². The number of methoxy groups -OCH3 is 1. The topological polar surface area (TPSA) is 65.5 Å². The van der Waals surface area contributed by atoms with Crippen LogP contribution in [0.4, 0.5) is 0 Å². The van der Waals surface area contributed by atoms with Crippen LogP contribution in [0.2, 0.25) is 0 Å². The zero-order chi connectivity index (χ0) is 13.7. The third kappa shape index (κ3) is 3.14. The number of nitrogens with zero attached hydrogens (tertiary/aromatic N) is 1. The van der Waals surface area contributed by atoms with Crippen LogP contribution in [0.15, 0.2) is 0 Å². The molecule has 0 N–H and O–H groups in total. The number of esters is 1. The van der Waals surface area contributed by atoms with Crippen LogP contribution in [0.3, 0.4) is 0 Å². The first-order valence-corrected chi connectivity index (χ1v) is 6.58. The van der Waals surface area contributed by atoms with Gasteiger partial charge in [0.15, 0.2) is 11.5 Å². The summed E-state index contributed by atoms with van der Waals surface area (Å²) in [6.45, 7) is 5.33. The van der Waals surface area contributed by atoms with Crippen LogP contribution in [0.1, 0.15) is 58.5 Å². The molecule has 0 bridgehead atoms. The fraction of sp³-hybridized carbons (Fsp3) is 0.583. The van der Waals surface area contributed by atoms with Crippen molar-refractivity contribution >= 4 is 23.1 Å². The number of Topliss-reactive ketones (excluding diaryl/α,β-unsaturated/α-hetero) is 1. The summed E-state index contributed by atoms with van der Waals surface area (Å²) in [4.78, 5) is 27.7. The molecule has 0 fully saturated rings. The summed E-state index contributed by atoms with van der Waals surface area (Å²) in [6.07, 6.45) is 0.528. The van der Waals surface area contributed by atoms with E-state index >= 15 is 0 Å². The molecule has 1 unspecified atom stereocenters. The average Bonchev–Trinajstić information content (AvgIpc) is 2.76. The minimum absolute atomic E-state index is 0.0971. The van der Waals surface area contributed by atoms with Gasteiger partial charge < -0.3 is 9.47 Å². The normalized spacial score (nSPS) is 12.2. The van der Waals surface area contributed by atoms with Gasteiger partial charge in [-0.3, -0.25) is 4.79 Å². The highest BCUT2D eigenvalue weighted by atomic mass is 32.1. The van der Waals surface area contributed by atoms with Crippen molar-refractivity contribution in [3.05, 3.63) is 15.6 Å². The Kier molecular flexibility index (Phi) is 5.43. The van der Waals surface area contributed by atoms with E-state index in [0.717, 1.165) is 6.42 Å². The monoisotopic (exact) mass is 271 g/mol. The summed E-state index contributed by atoms with van der Waals surface area (Å²) in [7, 11) is 1.58. The largest absolute Gasteiger partial charge is 0.461 e. The van der Waals surface area contributed by atoms with Gasteiger partial charge in [0, 0.05) is 14.0 Å². The van der Waals surface area contributed by atoms with Crippen LogP contribution in [-0.4, -0.2) is 30.5 Å². The second kappa shape index (κ2) is 6.61. The first-order valence-electron chi connectivity index (χ1n) is 5.76. The van der Waals surface area contributed by atoms with Crippen molar-refractivity contribution in [1.82, 2.24) is 4.98 Å². The summed E-state index contributed by atoms with van der Waals surface area (Å²) in [5, 5.41) is 0.633. The molecule has 18 heavy (non-hydrogen) atoms. The van der Waals surface area contributed by atoms with Crippen molar-refractivity contribution in [3.8, 4) is 0 Å². The Bertz CT molecular complexity index is 437. The quantitative estimate of drug-likeness (QED) is 0.587. The van der Waals surface area contributed by atoms with E-state index in [0.29, 0.717) is 9.88 Å². The van der Waals surface area contributed by atoms with Crippen molar-refractivity contribution in [3.63, 3.8) is 0 Å². The molecule has 0 spiro atoms. The van der Waals surface area contributed by atoms with Gasteiger partial charge in [0.1, 0.15) is 16.0 Å². The van der Waals surface area contributed by atoms with Crippen molar-refractivity contribution in [1.29, 1.82) is 0 Å². The standard InChI is InChI=1S/C12H17NO4S/c1-5-8(16-4)11-13-9(12(15)17-6-2)10(18-11)7(3)14/h8H,5-6H2,1-4H3. The number of carbonyl (C=O) groups excluding carboxylic acids is 2. The molecule has 1 atom stereocenters. The Balaban J connectivity index is 3.16. The first kappa shape index (κ1) is 14.8. The number of thiazole rings is 1. The lowest BCUT2D eigenvalue weighted by molar-refractivity contribution is 0.0515. The smallest absolute Gasteiger partial charge is 0.358 e. The molecule has 0 amide bonds. The van der Waals surface area contributed by atoms with Crippen molar-refractivity contribution in [2.75, 3.05) is 13.7 Å². The Morgan fingerprint density at radius 1 is 1.39 bits per heavy atom. The maximum absolute atomic E-state index is 11.7. The Hall–Kier alpha value is -1.27. The lowest BCUT2D eigenvalue weighted by Gasteiger charge is -2.08. The molecule has 100 valence electrons. The molecular weight excluding hydrogens is 254 g/mol. The van der Waals surface area contributed by atoms with E-state index < -0.39 is 5.97 Å². The Morgan fingerprint density at radius 3 is 2.50 bits per heavy atom. The fourth-order valence-electron chi connectivity index (χ4n) is 1.49. The van der Waals surface area contributed by atoms with Gasteiger partial charge in [-0.15, -0.1) is 11.3 Å². The lowest BCUT2D eigenvalue weighted by Crippen LogP contribution is -2.09. The summed E-state index contributed by atoms with van der Waals surface area (Å²) < 4.78 is 10.1. The fourth-order valence-corrected chi connectivity index (χ4v) is 2.60. The number of hydrogen-bond acceptors (Lipinski definition) is 6. The number of aromatic nitrogens is 1. The SMILES string of the molecule is CCOC(=O)c1nc(C(CC)OC)sc1C(C)=O.